The highest BCUT2D eigenvalue weighted by Crippen LogP contribution is 2.06. The Labute approximate surface area is 130 Å². The summed E-state index contributed by atoms with van der Waals surface area (Å²) in [4.78, 5) is 10.7. The number of benzene rings is 2. The van der Waals surface area contributed by atoms with Crippen LogP contribution in [0.3, 0.4) is 0 Å². The monoisotopic (exact) mass is 301 g/mol. The maximum atomic E-state index is 10.7. The van der Waals surface area contributed by atoms with Gasteiger partial charge in [0, 0.05) is 11.1 Å². The number of carboxylic acids is 1. The number of nitrogens with two attached hydrogens (primary N) is 1. The van der Waals surface area contributed by atoms with E-state index >= 15 is 0 Å². The number of rotatable bonds is 3. The Bertz CT molecular complexity index is 642. The van der Waals surface area contributed by atoms with Gasteiger partial charge in [0.15, 0.2) is 0 Å². The van der Waals surface area contributed by atoms with Crippen LogP contribution < -0.4 is 5.73 Å². The molecule has 3 nitrogen and oxygen atoms in total. The van der Waals surface area contributed by atoms with Crippen molar-refractivity contribution in [2.24, 2.45) is 5.73 Å². The van der Waals surface area contributed by atoms with Crippen molar-refractivity contribution in [3.63, 3.8) is 0 Å². The smallest absolute Gasteiger partial charge is 0.320 e. The van der Waals surface area contributed by atoms with E-state index in [0.29, 0.717) is 6.42 Å². The highest BCUT2D eigenvalue weighted by Gasteiger charge is 2.11. The molecule has 0 aliphatic heterocycles. The summed E-state index contributed by atoms with van der Waals surface area (Å²) in [7, 11) is 0. The summed E-state index contributed by atoms with van der Waals surface area (Å²) in [6.07, 6.45) is 0.321. The number of halogens is 1. The van der Waals surface area contributed by atoms with Crippen LogP contribution in [-0.4, -0.2) is 17.1 Å². The van der Waals surface area contributed by atoms with Crippen LogP contribution in [-0.2, 0) is 11.2 Å². The highest BCUT2D eigenvalue weighted by atomic mass is 35.5. The fraction of sp³-hybridized carbons (Fsp3) is 0.118. The van der Waals surface area contributed by atoms with Gasteiger partial charge in [-0.15, -0.1) is 12.4 Å². The summed E-state index contributed by atoms with van der Waals surface area (Å²) in [5, 5.41) is 8.76. The van der Waals surface area contributed by atoms with Crippen molar-refractivity contribution in [3.05, 3.63) is 71.3 Å². The van der Waals surface area contributed by atoms with Gasteiger partial charge >= 0.3 is 5.97 Å². The predicted octanol–water partition coefficient (Wildman–Crippen LogP) is 2.46. The number of carboxylic acid groups (broad SMARTS) is 1. The molecule has 4 heteroatoms. The van der Waals surface area contributed by atoms with E-state index in [1.165, 1.54) is 0 Å². The van der Waals surface area contributed by atoms with Gasteiger partial charge in [-0.05, 0) is 36.2 Å². The molecular weight excluding hydrogens is 286 g/mol. The fourth-order valence-electron chi connectivity index (χ4n) is 1.73. The van der Waals surface area contributed by atoms with Crippen molar-refractivity contribution in [2.45, 2.75) is 12.5 Å². The molecule has 0 amide bonds. The van der Waals surface area contributed by atoms with Gasteiger partial charge in [-0.1, -0.05) is 42.2 Å². The topological polar surface area (TPSA) is 63.3 Å². The van der Waals surface area contributed by atoms with Crippen LogP contribution in [0.5, 0.6) is 0 Å². The van der Waals surface area contributed by atoms with Crippen molar-refractivity contribution < 1.29 is 9.90 Å². The van der Waals surface area contributed by atoms with Crippen molar-refractivity contribution in [2.75, 3.05) is 0 Å². The minimum absolute atomic E-state index is 0. The zero-order valence-corrected chi connectivity index (χ0v) is 12.1. The standard InChI is InChI=1S/C17H15NO2.ClH/c18-16(17(19)20)12-15-10-8-14(9-11-15)7-6-13-4-2-1-3-5-13;/h1-5,8-11,16H,12,18H2,(H,19,20);1H. The van der Waals surface area contributed by atoms with Gasteiger partial charge in [0.25, 0.3) is 0 Å². The molecule has 2 rings (SSSR count). The number of carbonyl (C=O) groups is 1. The molecule has 0 bridgehead atoms. The second-order valence-electron chi connectivity index (χ2n) is 4.46. The third-order valence-electron chi connectivity index (χ3n) is 2.85. The molecule has 0 fully saturated rings. The van der Waals surface area contributed by atoms with E-state index in [2.05, 4.69) is 11.8 Å². The molecule has 1 unspecified atom stereocenters. The number of aliphatic carboxylic acids is 1. The molecule has 1 atom stereocenters. The normalized spacial score (nSPS) is 10.7. The Kier molecular flexibility index (Phi) is 6.48. The Balaban J connectivity index is 0.00000220. The summed E-state index contributed by atoms with van der Waals surface area (Å²) >= 11 is 0. The van der Waals surface area contributed by atoms with E-state index in [9.17, 15) is 4.79 Å². The highest BCUT2D eigenvalue weighted by molar-refractivity contribution is 5.85. The third kappa shape index (κ3) is 5.31. The van der Waals surface area contributed by atoms with Crippen molar-refractivity contribution in [1.82, 2.24) is 0 Å². The van der Waals surface area contributed by atoms with Crippen molar-refractivity contribution in [3.8, 4) is 11.8 Å². The molecule has 0 saturated heterocycles. The van der Waals surface area contributed by atoms with E-state index in [0.717, 1.165) is 16.7 Å². The first-order chi connectivity index (χ1) is 9.65. The van der Waals surface area contributed by atoms with Crippen LogP contribution in [0.25, 0.3) is 0 Å². The number of hydrogen-bond acceptors (Lipinski definition) is 2. The van der Waals surface area contributed by atoms with Crippen LogP contribution in [0.2, 0.25) is 0 Å². The van der Waals surface area contributed by atoms with Crippen LogP contribution in [0.1, 0.15) is 16.7 Å². The first kappa shape index (κ1) is 16.8. The second-order valence-corrected chi connectivity index (χ2v) is 4.46. The Morgan fingerprint density at radius 1 is 1.00 bits per heavy atom. The quantitative estimate of drug-likeness (QED) is 0.856. The molecule has 3 N–H and O–H groups in total. The average molecular weight is 302 g/mol. The first-order valence-electron chi connectivity index (χ1n) is 6.29. The lowest BCUT2D eigenvalue weighted by molar-refractivity contribution is -0.138. The molecule has 0 aliphatic carbocycles. The molecule has 0 aliphatic rings. The predicted molar refractivity (Wildman–Crippen MR) is 85.4 cm³/mol. The van der Waals surface area contributed by atoms with Gasteiger partial charge in [0.2, 0.25) is 0 Å². The molecule has 2 aromatic carbocycles. The van der Waals surface area contributed by atoms with Crippen molar-refractivity contribution >= 4 is 18.4 Å². The molecule has 0 spiro atoms. The minimum Gasteiger partial charge on any atom is -0.480 e. The van der Waals surface area contributed by atoms with E-state index in [4.69, 9.17) is 10.8 Å². The summed E-state index contributed by atoms with van der Waals surface area (Å²) in [6.45, 7) is 0. The fourth-order valence-corrected chi connectivity index (χ4v) is 1.73. The number of hydrogen-bond donors (Lipinski definition) is 2. The van der Waals surface area contributed by atoms with E-state index in [1.54, 1.807) is 0 Å². The zero-order valence-electron chi connectivity index (χ0n) is 11.3. The van der Waals surface area contributed by atoms with E-state index in [-0.39, 0.29) is 12.4 Å². The van der Waals surface area contributed by atoms with Gasteiger partial charge in [0.05, 0.1) is 0 Å². The molecule has 108 valence electrons. The third-order valence-corrected chi connectivity index (χ3v) is 2.85. The van der Waals surface area contributed by atoms with Crippen LogP contribution in [0, 0.1) is 11.8 Å². The maximum Gasteiger partial charge on any atom is 0.320 e. The second kappa shape index (κ2) is 8.11. The van der Waals surface area contributed by atoms with Crippen LogP contribution >= 0.6 is 12.4 Å². The summed E-state index contributed by atoms with van der Waals surface area (Å²) < 4.78 is 0. The Morgan fingerprint density at radius 3 is 2.05 bits per heavy atom. The molecular formula is C17H16ClNO2. The Morgan fingerprint density at radius 2 is 1.52 bits per heavy atom. The molecule has 0 aromatic heterocycles. The first-order valence-corrected chi connectivity index (χ1v) is 6.29. The molecule has 0 radical (unpaired) electrons. The van der Waals surface area contributed by atoms with Crippen LogP contribution in [0.4, 0.5) is 0 Å². The largest absolute Gasteiger partial charge is 0.480 e. The van der Waals surface area contributed by atoms with Gasteiger partial charge in [-0.2, -0.15) is 0 Å². The molecule has 0 heterocycles. The SMILES string of the molecule is Cl.NC(Cc1ccc(C#Cc2ccccc2)cc1)C(=O)O. The zero-order chi connectivity index (χ0) is 14.4. The van der Waals surface area contributed by atoms with Crippen molar-refractivity contribution in [1.29, 1.82) is 0 Å². The van der Waals surface area contributed by atoms with Gasteiger partial charge in [0.1, 0.15) is 6.04 Å². The lowest BCUT2D eigenvalue weighted by atomic mass is 10.0. The maximum absolute atomic E-state index is 10.7. The Hall–Kier alpha value is -2.28. The summed E-state index contributed by atoms with van der Waals surface area (Å²) in [5.74, 6) is 5.15. The van der Waals surface area contributed by atoms with Gasteiger partial charge < -0.3 is 10.8 Å². The van der Waals surface area contributed by atoms with Gasteiger partial charge in [-0.25, -0.2) is 0 Å². The summed E-state index contributed by atoms with van der Waals surface area (Å²) in [6, 6.07) is 16.3. The lowest BCUT2D eigenvalue weighted by Gasteiger charge is -2.05. The van der Waals surface area contributed by atoms with E-state index in [1.807, 2.05) is 54.6 Å². The van der Waals surface area contributed by atoms with Crippen LogP contribution in [0.15, 0.2) is 54.6 Å². The average Bonchev–Trinajstić information content (AvgIpc) is 2.47. The minimum atomic E-state index is -0.988. The summed E-state index contributed by atoms with van der Waals surface area (Å²) in [5.41, 5.74) is 8.24. The molecule has 0 saturated carbocycles. The van der Waals surface area contributed by atoms with Gasteiger partial charge in [-0.3, -0.25) is 4.79 Å². The molecule has 21 heavy (non-hydrogen) atoms. The van der Waals surface area contributed by atoms with E-state index < -0.39 is 12.0 Å². The molecule has 2 aromatic rings. The lowest BCUT2D eigenvalue weighted by Crippen LogP contribution is -2.32.